The van der Waals surface area contributed by atoms with E-state index in [2.05, 4.69) is 52.6 Å². The van der Waals surface area contributed by atoms with Crippen LogP contribution < -0.4 is 0 Å². The van der Waals surface area contributed by atoms with Crippen LogP contribution in [0.3, 0.4) is 0 Å². The van der Waals surface area contributed by atoms with Crippen LogP contribution in [0.4, 0.5) is 0 Å². The fourth-order valence-corrected chi connectivity index (χ4v) is 3.73. The Kier molecular flexibility index (Phi) is 5.18. The predicted octanol–water partition coefficient (Wildman–Crippen LogP) is 4.60. The molecule has 0 spiro atoms. The molecule has 0 bridgehead atoms. The van der Waals surface area contributed by atoms with Crippen molar-refractivity contribution in [3.05, 3.63) is 64.7 Å². The van der Waals surface area contributed by atoms with Crippen LogP contribution in [0.5, 0.6) is 0 Å². The molecular formula is C21H25N5S. The topological polar surface area (TPSA) is 38.9 Å². The number of rotatable bonds is 7. The molecule has 2 aromatic heterocycles. The van der Waals surface area contributed by atoms with E-state index in [1.807, 2.05) is 29.2 Å². The maximum absolute atomic E-state index is 5.80. The first-order valence-corrected chi connectivity index (χ1v) is 9.94. The van der Waals surface area contributed by atoms with Crippen LogP contribution in [-0.2, 0) is 13.2 Å². The van der Waals surface area contributed by atoms with Gasteiger partial charge < -0.3 is 0 Å². The van der Waals surface area contributed by atoms with Crippen LogP contribution in [0, 0.1) is 11.7 Å². The summed E-state index contributed by atoms with van der Waals surface area (Å²) in [6, 6.07) is 13.2. The molecule has 6 heteroatoms. The van der Waals surface area contributed by atoms with Gasteiger partial charge in [-0.25, -0.2) is 4.68 Å². The Morgan fingerprint density at radius 2 is 1.96 bits per heavy atom. The zero-order valence-electron chi connectivity index (χ0n) is 15.9. The number of aromatic nitrogens is 4. The lowest BCUT2D eigenvalue weighted by atomic mass is 10.1. The molecule has 27 heavy (non-hydrogen) atoms. The molecule has 1 saturated carbocycles. The van der Waals surface area contributed by atoms with Gasteiger partial charge in [-0.2, -0.15) is 5.10 Å². The smallest absolute Gasteiger partial charge is 0.199 e. The average Bonchev–Trinajstić information content (AvgIpc) is 3.46. The zero-order chi connectivity index (χ0) is 18.8. The maximum Gasteiger partial charge on any atom is 0.199 e. The Bertz CT molecular complexity index is 972. The quantitative estimate of drug-likeness (QED) is 0.563. The highest BCUT2D eigenvalue weighted by Crippen LogP contribution is 2.38. The summed E-state index contributed by atoms with van der Waals surface area (Å²) in [5.41, 5.74) is 3.68. The van der Waals surface area contributed by atoms with Gasteiger partial charge in [-0.3, -0.25) is 14.5 Å². The van der Waals surface area contributed by atoms with Crippen LogP contribution in [-0.4, -0.2) is 30.8 Å². The van der Waals surface area contributed by atoms with Gasteiger partial charge in [0.1, 0.15) is 0 Å². The number of aryl methyl sites for hydroxylation is 1. The Morgan fingerprint density at radius 1 is 1.19 bits per heavy atom. The first kappa shape index (κ1) is 18.1. The number of benzene rings is 1. The van der Waals surface area contributed by atoms with Crippen molar-refractivity contribution in [1.82, 2.24) is 24.2 Å². The van der Waals surface area contributed by atoms with E-state index in [4.69, 9.17) is 17.3 Å². The molecule has 1 aromatic carbocycles. The SMILES string of the molecule is CCN(Cc1cccc(C)c1)Cn1nc(-c2ccncc2)n(C2CC2)c1=S. The van der Waals surface area contributed by atoms with Gasteiger partial charge in [-0.05, 0) is 56.2 Å². The van der Waals surface area contributed by atoms with Gasteiger partial charge >= 0.3 is 0 Å². The first-order valence-electron chi connectivity index (χ1n) is 9.53. The second kappa shape index (κ2) is 7.74. The van der Waals surface area contributed by atoms with Crippen molar-refractivity contribution < 1.29 is 0 Å². The molecule has 0 unspecified atom stereocenters. The molecular weight excluding hydrogens is 354 g/mol. The summed E-state index contributed by atoms with van der Waals surface area (Å²) in [6.45, 7) is 6.84. The van der Waals surface area contributed by atoms with E-state index in [1.165, 1.54) is 24.0 Å². The molecule has 0 radical (unpaired) electrons. The molecule has 5 nitrogen and oxygen atoms in total. The summed E-state index contributed by atoms with van der Waals surface area (Å²) in [5, 5.41) is 4.89. The zero-order valence-corrected chi connectivity index (χ0v) is 16.7. The maximum atomic E-state index is 5.80. The van der Waals surface area contributed by atoms with Gasteiger partial charge in [0.2, 0.25) is 0 Å². The molecule has 4 rings (SSSR count). The molecule has 0 aliphatic heterocycles. The summed E-state index contributed by atoms with van der Waals surface area (Å²) in [6.07, 6.45) is 5.98. The molecule has 0 saturated heterocycles. The van der Waals surface area contributed by atoms with Crippen molar-refractivity contribution in [3.63, 3.8) is 0 Å². The van der Waals surface area contributed by atoms with Crippen molar-refractivity contribution in [2.45, 2.75) is 45.9 Å². The van der Waals surface area contributed by atoms with Crippen LogP contribution in [0.1, 0.15) is 36.9 Å². The van der Waals surface area contributed by atoms with Gasteiger partial charge in [0.25, 0.3) is 0 Å². The van der Waals surface area contributed by atoms with Crippen LogP contribution >= 0.6 is 12.2 Å². The highest BCUT2D eigenvalue weighted by atomic mass is 32.1. The summed E-state index contributed by atoms with van der Waals surface area (Å²) in [4.78, 5) is 6.49. The highest BCUT2D eigenvalue weighted by Gasteiger charge is 2.29. The van der Waals surface area contributed by atoms with E-state index in [9.17, 15) is 0 Å². The second-order valence-corrected chi connectivity index (χ2v) is 7.58. The third-order valence-corrected chi connectivity index (χ3v) is 5.40. The molecule has 0 amide bonds. The Labute approximate surface area is 165 Å². The van der Waals surface area contributed by atoms with Gasteiger partial charge in [0.15, 0.2) is 10.6 Å². The van der Waals surface area contributed by atoms with Gasteiger partial charge in [0, 0.05) is 30.5 Å². The number of nitrogens with zero attached hydrogens (tertiary/aromatic N) is 5. The highest BCUT2D eigenvalue weighted by molar-refractivity contribution is 7.71. The Morgan fingerprint density at radius 3 is 2.63 bits per heavy atom. The summed E-state index contributed by atoms with van der Waals surface area (Å²) in [7, 11) is 0. The van der Waals surface area contributed by atoms with Crippen molar-refractivity contribution in [2.24, 2.45) is 0 Å². The minimum Gasteiger partial charge on any atom is -0.297 e. The van der Waals surface area contributed by atoms with Crippen molar-refractivity contribution in [1.29, 1.82) is 0 Å². The first-order chi connectivity index (χ1) is 13.2. The third kappa shape index (κ3) is 4.01. The molecule has 1 aliphatic rings. The Hall–Kier alpha value is -2.31. The lowest BCUT2D eigenvalue weighted by molar-refractivity contribution is 0.207. The predicted molar refractivity (Wildman–Crippen MR) is 110 cm³/mol. The molecule has 2 heterocycles. The fourth-order valence-electron chi connectivity index (χ4n) is 3.39. The van der Waals surface area contributed by atoms with Gasteiger partial charge in [-0.15, -0.1) is 0 Å². The normalized spacial score (nSPS) is 14.0. The van der Waals surface area contributed by atoms with Crippen molar-refractivity contribution >= 4 is 12.2 Å². The number of hydrogen-bond donors (Lipinski definition) is 0. The van der Waals surface area contributed by atoms with Crippen molar-refractivity contribution in [2.75, 3.05) is 6.54 Å². The average molecular weight is 380 g/mol. The van der Waals surface area contributed by atoms with Crippen LogP contribution in [0.25, 0.3) is 11.4 Å². The summed E-state index contributed by atoms with van der Waals surface area (Å²) in [5.74, 6) is 0.955. The minimum atomic E-state index is 0.487. The summed E-state index contributed by atoms with van der Waals surface area (Å²) >= 11 is 5.80. The van der Waals surface area contributed by atoms with E-state index in [-0.39, 0.29) is 0 Å². The second-order valence-electron chi connectivity index (χ2n) is 7.22. The molecule has 140 valence electrons. The minimum absolute atomic E-state index is 0.487. The van der Waals surface area contributed by atoms with Gasteiger partial charge in [-0.1, -0.05) is 36.8 Å². The lowest BCUT2D eigenvalue weighted by Crippen LogP contribution is -2.26. The van der Waals surface area contributed by atoms with E-state index in [0.717, 1.165) is 29.2 Å². The molecule has 1 aliphatic carbocycles. The van der Waals surface area contributed by atoms with E-state index in [0.29, 0.717) is 12.7 Å². The standard InChI is InChI=1S/C21H25N5S/c1-3-24(14-17-6-4-5-16(2)13-17)15-25-21(27)26(19-7-8-19)20(23-25)18-9-11-22-12-10-18/h4-6,9-13,19H,3,7-8,14-15H2,1-2H3. The largest absolute Gasteiger partial charge is 0.297 e. The lowest BCUT2D eigenvalue weighted by Gasteiger charge is -2.20. The third-order valence-electron chi connectivity index (χ3n) is 4.99. The Balaban J connectivity index is 1.62. The van der Waals surface area contributed by atoms with Crippen molar-refractivity contribution in [3.8, 4) is 11.4 Å². The van der Waals surface area contributed by atoms with Gasteiger partial charge in [0.05, 0.1) is 6.67 Å². The molecule has 1 fully saturated rings. The van der Waals surface area contributed by atoms with E-state index >= 15 is 0 Å². The number of hydrogen-bond acceptors (Lipinski definition) is 4. The van der Waals surface area contributed by atoms with E-state index < -0.39 is 0 Å². The molecule has 3 aromatic rings. The van der Waals surface area contributed by atoms with E-state index in [1.54, 1.807) is 0 Å². The van der Waals surface area contributed by atoms with Crippen LogP contribution in [0.2, 0.25) is 0 Å². The molecule has 0 atom stereocenters. The number of pyridine rings is 1. The monoisotopic (exact) mass is 379 g/mol. The molecule has 0 N–H and O–H groups in total. The fraction of sp³-hybridized carbons (Fsp3) is 0.381. The van der Waals surface area contributed by atoms with Crippen LogP contribution in [0.15, 0.2) is 48.8 Å². The summed E-state index contributed by atoms with van der Waals surface area (Å²) < 4.78 is 5.01.